The summed E-state index contributed by atoms with van der Waals surface area (Å²) in [6.45, 7) is 0. The van der Waals surface area contributed by atoms with Gasteiger partial charge in [-0.25, -0.2) is 0 Å². The van der Waals surface area contributed by atoms with E-state index >= 15 is 0 Å². The molecule has 11 aromatic carbocycles. The molecule has 1 heterocycles. The second-order valence-electron chi connectivity index (χ2n) is 16.5. The quantitative estimate of drug-likeness (QED) is 0.139. The first-order valence-electron chi connectivity index (χ1n) is 22.0. The molecule has 0 amide bonds. The Kier molecular flexibility index (Phi) is 9.20. The second kappa shape index (κ2) is 15.8. The van der Waals surface area contributed by atoms with Crippen LogP contribution in [-0.2, 0) is 0 Å². The largest absolute Gasteiger partial charge is 0.310 e. The van der Waals surface area contributed by atoms with E-state index in [1.165, 1.54) is 87.9 Å². The van der Waals surface area contributed by atoms with Gasteiger partial charge in [-0.1, -0.05) is 194 Å². The number of aromatic nitrogens is 1. The zero-order valence-electron chi connectivity index (χ0n) is 35.1. The minimum Gasteiger partial charge on any atom is -0.310 e. The van der Waals surface area contributed by atoms with E-state index in [2.05, 4.69) is 264 Å². The summed E-state index contributed by atoms with van der Waals surface area (Å²) >= 11 is 0. The number of anilines is 3. The van der Waals surface area contributed by atoms with Gasteiger partial charge in [-0.05, 0) is 121 Å². The molecule has 300 valence electrons. The number of para-hydroxylation sites is 2. The topological polar surface area (TPSA) is 8.17 Å². The van der Waals surface area contributed by atoms with Crippen molar-refractivity contribution in [2.75, 3.05) is 4.90 Å². The fourth-order valence-corrected chi connectivity index (χ4v) is 9.81. The third-order valence-electron chi connectivity index (χ3n) is 12.8. The minimum atomic E-state index is 1.07. The first-order chi connectivity index (χ1) is 31.8. The molecule has 0 unspecified atom stereocenters. The van der Waals surface area contributed by atoms with Crippen molar-refractivity contribution in [1.82, 2.24) is 4.57 Å². The van der Waals surface area contributed by atoms with Gasteiger partial charge in [0.25, 0.3) is 0 Å². The van der Waals surface area contributed by atoms with E-state index in [4.69, 9.17) is 0 Å². The van der Waals surface area contributed by atoms with Crippen molar-refractivity contribution in [3.63, 3.8) is 0 Å². The van der Waals surface area contributed by atoms with Crippen molar-refractivity contribution in [2.24, 2.45) is 0 Å². The number of fused-ring (bicyclic) bond motifs is 6. The highest BCUT2D eigenvalue weighted by Crippen LogP contribution is 2.48. The summed E-state index contributed by atoms with van der Waals surface area (Å²) in [6, 6.07) is 92.8. The van der Waals surface area contributed by atoms with Crippen LogP contribution in [0.2, 0.25) is 0 Å². The van der Waals surface area contributed by atoms with Crippen LogP contribution < -0.4 is 4.90 Å². The molecule has 0 bridgehead atoms. The first kappa shape index (κ1) is 37.3. The van der Waals surface area contributed by atoms with Crippen molar-refractivity contribution in [3.05, 3.63) is 255 Å². The predicted octanol–water partition coefficient (Wildman–Crippen LogP) is 17.2. The summed E-state index contributed by atoms with van der Waals surface area (Å²) in [5, 5.41) is 7.56. The summed E-state index contributed by atoms with van der Waals surface area (Å²) in [4.78, 5) is 2.44. The molecule has 0 radical (unpaired) electrons. The van der Waals surface area contributed by atoms with Gasteiger partial charge in [-0.2, -0.15) is 0 Å². The number of hydrogen-bond acceptors (Lipinski definition) is 1. The van der Waals surface area contributed by atoms with Crippen LogP contribution in [0.25, 0.3) is 93.5 Å². The SMILES string of the molecule is c1ccc(-c2ccccc2-c2c(-c3ccccc3)cccc2N(c2ccc(-c3ccc4c(ccc5ccccc54)c3)cc2)c2ccc(-n3c4ccccc4c4ccccc43)cc2)cc1. The molecule has 0 aliphatic rings. The number of hydrogen-bond donors (Lipinski definition) is 0. The van der Waals surface area contributed by atoms with Gasteiger partial charge in [0.15, 0.2) is 0 Å². The third-order valence-corrected chi connectivity index (χ3v) is 12.8. The molecule has 2 heteroatoms. The van der Waals surface area contributed by atoms with Crippen LogP contribution >= 0.6 is 0 Å². The molecule has 0 saturated carbocycles. The van der Waals surface area contributed by atoms with Gasteiger partial charge in [0.05, 0.1) is 16.7 Å². The van der Waals surface area contributed by atoms with Gasteiger partial charge in [0, 0.05) is 33.4 Å². The lowest BCUT2D eigenvalue weighted by atomic mass is 9.87. The first-order valence-corrected chi connectivity index (χ1v) is 22.0. The summed E-state index contributed by atoms with van der Waals surface area (Å²) in [7, 11) is 0. The molecule has 0 atom stereocenters. The molecule has 2 nitrogen and oxygen atoms in total. The van der Waals surface area contributed by atoms with Crippen molar-refractivity contribution in [3.8, 4) is 50.2 Å². The van der Waals surface area contributed by atoms with E-state index in [1.54, 1.807) is 0 Å². The molecular formula is C62H42N2. The summed E-state index contributed by atoms with van der Waals surface area (Å²) in [5.74, 6) is 0. The average Bonchev–Trinajstić information content (AvgIpc) is 3.71. The maximum absolute atomic E-state index is 2.44. The molecule has 0 aliphatic carbocycles. The number of benzene rings is 11. The average molecular weight is 815 g/mol. The van der Waals surface area contributed by atoms with Crippen LogP contribution in [0.5, 0.6) is 0 Å². The van der Waals surface area contributed by atoms with Gasteiger partial charge >= 0.3 is 0 Å². The minimum absolute atomic E-state index is 1.07. The van der Waals surface area contributed by atoms with Crippen LogP contribution in [0.4, 0.5) is 17.1 Å². The van der Waals surface area contributed by atoms with Crippen molar-refractivity contribution < 1.29 is 0 Å². The normalized spacial score (nSPS) is 11.4. The summed E-state index contributed by atoms with van der Waals surface area (Å²) in [6.07, 6.45) is 0. The highest BCUT2D eigenvalue weighted by molar-refractivity contribution is 6.10. The molecule has 0 fully saturated rings. The molecular weight excluding hydrogens is 773 g/mol. The highest BCUT2D eigenvalue weighted by Gasteiger charge is 2.23. The lowest BCUT2D eigenvalue weighted by molar-refractivity contribution is 1.17. The van der Waals surface area contributed by atoms with Gasteiger partial charge in [0.2, 0.25) is 0 Å². The molecule has 0 N–H and O–H groups in total. The number of rotatable bonds is 8. The summed E-state index contributed by atoms with van der Waals surface area (Å²) < 4.78 is 2.39. The van der Waals surface area contributed by atoms with Crippen LogP contribution in [0.3, 0.4) is 0 Å². The predicted molar refractivity (Wildman–Crippen MR) is 272 cm³/mol. The van der Waals surface area contributed by atoms with Gasteiger partial charge in [-0.15, -0.1) is 0 Å². The van der Waals surface area contributed by atoms with Gasteiger partial charge < -0.3 is 9.47 Å². The Hall–Kier alpha value is -8.46. The van der Waals surface area contributed by atoms with Crippen molar-refractivity contribution in [2.45, 2.75) is 0 Å². The molecule has 12 rings (SSSR count). The van der Waals surface area contributed by atoms with Crippen LogP contribution in [0.15, 0.2) is 255 Å². The van der Waals surface area contributed by atoms with Crippen LogP contribution in [-0.4, -0.2) is 4.57 Å². The molecule has 12 aromatic rings. The van der Waals surface area contributed by atoms with E-state index in [-0.39, 0.29) is 0 Å². The lowest BCUT2D eigenvalue weighted by Gasteiger charge is -2.30. The van der Waals surface area contributed by atoms with E-state index < -0.39 is 0 Å². The lowest BCUT2D eigenvalue weighted by Crippen LogP contribution is -2.12. The van der Waals surface area contributed by atoms with Gasteiger partial charge in [0.1, 0.15) is 0 Å². The molecule has 0 aliphatic heterocycles. The van der Waals surface area contributed by atoms with E-state index in [9.17, 15) is 0 Å². The Bertz CT molecular complexity index is 3590. The summed E-state index contributed by atoms with van der Waals surface area (Å²) in [5.41, 5.74) is 16.2. The van der Waals surface area contributed by atoms with E-state index in [1.807, 2.05) is 0 Å². The second-order valence-corrected chi connectivity index (χ2v) is 16.5. The Morgan fingerprint density at radius 2 is 0.781 bits per heavy atom. The zero-order valence-corrected chi connectivity index (χ0v) is 35.1. The Morgan fingerprint density at radius 1 is 0.281 bits per heavy atom. The van der Waals surface area contributed by atoms with E-state index in [0.29, 0.717) is 0 Å². The maximum atomic E-state index is 2.44. The third kappa shape index (κ3) is 6.44. The Morgan fingerprint density at radius 3 is 1.47 bits per heavy atom. The molecule has 1 aromatic heterocycles. The van der Waals surface area contributed by atoms with Crippen molar-refractivity contribution in [1.29, 1.82) is 0 Å². The maximum Gasteiger partial charge on any atom is 0.0546 e. The molecule has 64 heavy (non-hydrogen) atoms. The standard InChI is InChI=1S/C62H42N2/c1-3-16-44(17-4-1)53-22-9-10-25-58(53)62-55(45-18-5-2-6-19-45)26-15-29-61(62)63(50-37-39-51(40-38-50)64-59-27-13-11-23-56(59)57-24-12-14-28-60(57)64)49-35-32-43(33-36-49)47-34-41-54-48(42-47)31-30-46-20-7-8-21-52(46)54/h1-42H. The van der Waals surface area contributed by atoms with Crippen LogP contribution in [0, 0.1) is 0 Å². The molecule has 0 spiro atoms. The smallest absolute Gasteiger partial charge is 0.0546 e. The van der Waals surface area contributed by atoms with Crippen molar-refractivity contribution >= 4 is 60.4 Å². The fraction of sp³-hybridized carbons (Fsp3) is 0. The highest BCUT2D eigenvalue weighted by atomic mass is 15.1. The fourth-order valence-electron chi connectivity index (χ4n) is 9.81. The monoisotopic (exact) mass is 814 g/mol. The van der Waals surface area contributed by atoms with Gasteiger partial charge in [-0.3, -0.25) is 0 Å². The Labute approximate surface area is 373 Å². The molecule has 0 saturated heterocycles. The van der Waals surface area contributed by atoms with Crippen LogP contribution in [0.1, 0.15) is 0 Å². The zero-order chi connectivity index (χ0) is 42.4. The number of nitrogens with zero attached hydrogens (tertiary/aromatic N) is 2. The Balaban J connectivity index is 1.05. The van der Waals surface area contributed by atoms with E-state index in [0.717, 1.165) is 22.7 Å².